The number of carbonyl (C=O) groups is 3. The number of ether oxygens (including phenoxy) is 2. The van der Waals surface area contributed by atoms with Crippen LogP contribution in [0.4, 0.5) is 15.8 Å². The van der Waals surface area contributed by atoms with E-state index in [-0.39, 0.29) is 18.2 Å². The lowest BCUT2D eigenvalue weighted by Gasteiger charge is -2.13. The number of hydrazone groups is 1. The molecule has 3 amide bonds. The van der Waals surface area contributed by atoms with Gasteiger partial charge in [0.1, 0.15) is 5.82 Å². The predicted molar refractivity (Wildman–Crippen MR) is 138 cm³/mol. The Hall–Kier alpha value is -4.73. The number of hydrogen-bond acceptors (Lipinski definition) is 6. The van der Waals surface area contributed by atoms with E-state index < -0.39 is 17.6 Å². The summed E-state index contributed by atoms with van der Waals surface area (Å²) in [5, 5.41) is 8.75. The van der Waals surface area contributed by atoms with Crippen LogP contribution in [0, 0.1) is 19.7 Å². The molecule has 9 nitrogen and oxygen atoms in total. The Morgan fingerprint density at radius 2 is 1.68 bits per heavy atom. The van der Waals surface area contributed by atoms with Crippen molar-refractivity contribution in [3.8, 4) is 11.5 Å². The Kier molecular flexibility index (Phi) is 9.31. The molecule has 0 atom stereocenters. The molecule has 0 bridgehead atoms. The Morgan fingerprint density at radius 1 is 0.892 bits per heavy atom. The molecule has 0 saturated heterocycles. The molecule has 0 aliphatic rings. The van der Waals surface area contributed by atoms with Crippen LogP contribution in [0.1, 0.15) is 23.6 Å². The van der Waals surface area contributed by atoms with Gasteiger partial charge in [0.25, 0.3) is 5.91 Å². The highest BCUT2D eigenvalue weighted by molar-refractivity contribution is 6.39. The van der Waals surface area contributed by atoms with Crippen molar-refractivity contribution in [3.63, 3.8) is 0 Å². The number of rotatable bonds is 9. The molecule has 0 heterocycles. The summed E-state index contributed by atoms with van der Waals surface area (Å²) < 4.78 is 24.9. The largest absolute Gasteiger partial charge is 0.490 e. The van der Waals surface area contributed by atoms with Crippen LogP contribution in [-0.4, -0.2) is 37.1 Å². The predicted octanol–water partition coefficient (Wildman–Crippen LogP) is 3.95. The first-order chi connectivity index (χ1) is 17.8. The minimum Gasteiger partial charge on any atom is -0.490 e. The van der Waals surface area contributed by atoms with Gasteiger partial charge >= 0.3 is 11.8 Å². The van der Waals surface area contributed by atoms with Crippen LogP contribution in [0.2, 0.25) is 0 Å². The Balaban J connectivity index is 1.58. The Bertz CT molecular complexity index is 1330. The number of carbonyl (C=O) groups excluding carboxylic acids is 3. The highest BCUT2D eigenvalue weighted by Crippen LogP contribution is 2.28. The van der Waals surface area contributed by atoms with Crippen molar-refractivity contribution in [3.05, 3.63) is 83.2 Å². The SMILES string of the molecule is CCOc1cc(/C=N\NC(=O)C(=O)Nc2ccccc2F)ccc1OCC(=O)Nc1cc(C)ccc1C. The fraction of sp³-hybridized carbons (Fsp3) is 0.185. The molecule has 3 aromatic rings. The maximum Gasteiger partial charge on any atom is 0.329 e. The zero-order chi connectivity index (χ0) is 26.8. The van der Waals surface area contributed by atoms with Crippen molar-refractivity contribution in [2.75, 3.05) is 23.8 Å². The van der Waals surface area contributed by atoms with Gasteiger partial charge in [-0.15, -0.1) is 0 Å². The summed E-state index contributed by atoms with van der Waals surface area (Å²) in [4.78, 5) is 36.3. The van der Waals surface area contributed by atoms with Gasteiger partial charge in [-0.3, -0.25) is 14.4 Å². The summed E-state index contributed by atoms with van der Waals surface area (Å²) in [6, 6.07) is 16.1. The van der Waals surface area contributed by atoms with Gasteiger partial charge in [-0.1, -0.05) is 24.3 Å². The fourth-order valence-corrected chi connectivity index (χ4v) is 3.15. The van der Waals surface area contributed by atoms with Crippen molar-refractivity contribution in [1.82, 2.24) is 5.43 Å². The average molecular weight is 507 g/mol. The van der Waals surface area contributed by atoms with Gasteiger partial charge < -0.3 is 20.1 Å². The molecular formula is C27H27FN4O5. The van der Waals surface area contributed by atoms with Gasteiger partial charge in [0.2, 0.25) is 0 Å². The van der Waals surface area contributed by atoms with Gasteiger partial charge in [-0.2, -0.15) is 5.10 Å². The van der Waals surface area contributed by atoms with E-state index in [0.29, 0.717) is 23.7 Å². The Morgan fingerprint density at radius 3 is 2.43 bits per heavy atom. The van der Waals surface area contributed by atoms with E-state index in [0.717, 1.165) is 22.9 Å². The van der Waals surface area contributed by atoms with Crippen LogP contribution in [0.3, 0.4) is 0 Å². The molecule has 3 N–H and O–H groups in total. The number of hydrogen-bond donors (Lipinski definition) is 3. The van der Waals surface area contributed by atoms with Gasteiger partial charge in [0.05, 0.1) is 18.5 Å². The lowest BCUT2D eigenvalue weighted by Crippen LogP contribution is -2.32. The third-order valence-electron chi connectivity index (χ3n) is 5.00. The molecule has 0 unspecified atom stereocenters. The molecule has 37 heavy (non-hydrogen) atoms. The van der Waals surface area contributed by atoms with Crippen LogP contribution in [0.15, 0.2) is 65.8 Å². The molecule has 0 aromatic heterocycles. The lowest BCUT2D eigenvalue weighted by molar-refractivity contribution is -0.136. The number of halogens is 1. The van der Waals surface area contributed by atoms with E-state index in [4.69, 9.17) is 9.47 Å². The standard InChI is InChI=1S/C27H27FN4O5/c1-4-36-24-14-19(15-29-32-27(35)26(34)31-21-8-6-5-7-20(21)28)11-12-23(24)37-16-25(33)30-22-13-17(2)9-10-18(22)3/h5-15H,4,16H2,1-3H3,(H,30,33)(H,31,34)(H,32,35)/b29-15-. The number of amides is 3. The first-order valence-electron chi connectivity index (χ1n) is 11.4. The molecule has 0 saturated carbocycles. The molecule has 3 rings (SSSR count). The highest BCUT2D eigenvalue weighted by Gasteiger charge is 2.15. The van der Waals surface area contributed by atoms with E-state index in [1.165, 1.54) is 24.4 Å². The molecule has 0 spiro atoms. The molecule has 0 aliphatic heterocycles. The van der Waals surface area contributed by atoms with E-state index in [2.05, 4.69) is 21.2 Å². The van der Waals surface area contributed by atoms with E-state index >= 15 is 0 Å². The first kappa shape index (κ1) is 26.9. The Labute approximate surface area is 213 Å². The van der Waals surface area contributed by atoms with Crippen LogP contribution < -0.4 is 25.5 Å². The summed E-state index contributed by atoms with van der Waals surface area (Å²) in [5.74, 6) is -2.41. The second kappa shape index (κ2) is 12.8. The number of benzene rings is 3. The van der Waals surface area contributed by atoms with Gasteiger partial charge in [-0.05, 0) is 73.9 Å². The van der Waals surface area contributed by atoms with Crippen molar-refractivity contribution in [2.24, 2.45) is 5.10 Å². The van der Waals surface area contributed by atoms with Crippen LogP contribution in [0.25, 0.3) is 0 Å². The van der Waals surface area contributed by atoms with Crippen LogP contribution >= 0.6 is 0 Å². The number of anilines is 2. The number of nitrogens with one attached hydrogen (secondary N) is 3. The second-order valence-corrected chi connectivity index (χ2v) is 7.93. The number of aryl methyl sites for hydroxylation is 2. The van der Waals surface area contributed by atoms with Crippen molar-refractivity contribution in [2.45, 2.75) is 20.8 Å². The third kappa shape index (κ3) is 7.89. The minimum atomic E-state index is -1.07. The van der Waals surface area contributed by atoms with Crippen molar-refractivity contribution < 1.29 is 28.2 Å². The van der Waals surface area contributed by atoms with Crippen LogP contribution in [-0.2, 0) is 14.4 Å². The highest BCUT2D eigenvalue weighted by atomic mass is 19.1. The lowest BCUT2D eigenvalue weighted by atomic mass is 10.1. The molecule has 0 radical (unpaired) electrons. The summed E-state index contributed by atoms with van der Waals surface area (Å²) in [5.41, 5.74) is 5.18. The van der Waals surface area contributed by atoms with Crippen molar-refractivity contribution >= 4 is 35.3 Å². The summed E-state index contributed by atoms with van der Waals surface area (Å²) >= 11 is 0. The molecule has 3 aromatic carbocycles. The van der Waals surface area contributed by atoms with Gasteiger partial charge in [-0.25, -0.2) is 9.82 Å². The van der Waals surface area contributed by atoms with Crippen LogP contribution in [0.5, 0.6) is 11.5 Å². The van der Waals surface area contributed by atoms with Gasteiger partial charge in [0.15, 0.2) is 18.1 Å². The molecule has 192 valence electrons. The quantitative estimate of drug-likeness (QED) is 0.231. The summed E-state index contributed by atoms with van der Waals surface area (Å²) in [6.07, 6.45) is 1.30. The number of nitrogens with zero attached hydrogens (tertiary/aromatic N) is 1. The van der Waals surface area contributed by atoms with E-state index in [9.17, 15) is 18.8 Å². The zero-order valence-corrected chi connectivity index (χ0v) is 20.6. The second-order valence-electron chi connectivity index (χ2n) is 7.93. The maximum atomic E-state index is 13.6. The molecule has 0 aliphatic carbocycles. The average Bonchev–Trinajstić information content (AvgIpc) is 2.87. The first-order valence-corrected chi connectivity index (χ1v) is 11.4. The topological polar surface area (TPSA) is 118 Å². The molecular weight excluding hydrogens is 479 g/mol. The molecule has 10 heteroatoms. The third-order valence-corrected chi connectivity index (χ3v) is 5.00. The summed E-state index contributed by atoms with van der Waals surface area (Å²) in [6.45, 7) is 5.76. The minimum absolute atomic E-state index is 0.119. The molecule has 0 fully saturated rings. The fourth-order valence-electron chi connectivity index (χ4n) is 3.15. The van der Waals surface area contributed by atoms with Gasteiger partial charge in [0, 0.05) is 5.69 Å². The van der Waals surface area contributed by atoms with E-state index in [1.807, 2.05) is 32.0 Å². The van der Waals surface area contributed by atoms with Crippen molar-refractivity contribution in [1.29, 1.82) is 0 Å². The maximum absolute atomic E-state index is 13.6. The number of para-hydroxylation sites is 1. The monoisotopic (exact) mass is 506 g/mol. The zero-order valence-electron chi connectivity index (χ0n) is 20.6. The van der Waals surface area contributed by atoms with E-state index in [1.54, 1.807) is 25.1 Å². The summed E-state index contributed by atoms with van der Waals surface area (Å²) in [7, 11) is 0. The normalized spacial score (nSPS) is 10.6. The smallest absolute Gasteiger partial charge is 0.329 e.